The monoisotopic (exact) mass is 1260 g/mol. The molecule has 5 amide bonds. The maximum atomic E-state index is 13.9. The van der Waals surface area contributed by atoms with Gasteiger partial charge in [0.05, 0.1) is 43.4 Å². The molecule has 0 radical (unpaired) electrons. The van der Waals surface area contributed by atoms with Gasteiger partial charge in [0, 0.05) is 81.3 Å². The quantitative estimate of drug-likeness (QED) is 0.0114. The molecule has 9 rings (SSSR count). The van der Waals surface area contributed by atoms with Crippen LogP contribution in [-0.4, -0.2) is 170 Å². The van der Waals surface area contributed by atoms with Crippen LogP contribution in [0.3, 0.4) is 0 Å². The molecular formula is C65H82N10O16. The van der Waals surface area contributed by atoms with E-state index in [-0.39, 0.29) is 75.4 Å². The third-order valence-electron chi connectivity index (χ3n) is 16.3. The zero-order valence-electron chi connectivity index (χ0n) is 52.1. The Morgan fingerprint density at radius 1 is 0.813 bits per heavy atom. The van der Waals surface area contributed by atoms with Gasteiger partial charge in [0.15, 0.2) is 5.82 Å². The number of carbonyl (C=O) groups is 7. The van der Waals surface area contributed by atoms with Crippen molar-refractivity contribution in [2.45, 2.75) is 134 Å². The van der Waals surface area contributed by atoms with Gasteiger partial charge in [-0.2, -0.15) is 0 Å². The summed E-state index contributed by atoms with van der Waals surface area (Å²) < 4.78 is 51.0. The number of amides is 5. The number of piperidine rings is 1. The van der Waals surface area contributed by atoms with Crippen LogP contribution in [0.5, 0.6) is 11.6 Å². The maximum absolute atomic E-state index is 13.9. The summed E-state index contributed by atoms with van der Waals surface area (Å²) in [5.74, 6) is -0.968. The van der Waals surface area contributed by atoms with E-state index >= 15 is 0 Å². The van der Waals surface area contributed by atoms with Crippen molar-refractivity contribution in [2.24, 2.45) is 5.41 Å². The average molecular weight is 1260 g/mol. The van der Waals surface area contributed by atoms with Gasteiger partial charge in [-0.3, -0.25) is 19.7 Å². The second-order valence-corrected chi connectivity index (χ2v) is 24.1. The predicted molar refractivity (Wildman–Crippen MR) is 333 cm³/mol. The largest absolute Gasteiger partial charge is 0.514 e. The number of unbranched alkanes of at least 4 members (excludes halogenated alkanes) is 1. The van der Waals surface area contributed by atoms with Gasteiger partial charge < -0.3 is 73.3 Å². The van der Waals surface area contributed by atoms with Crippen LogP contribution < -0.4 is 40.5 Å². The topological polar surface area (TPSA) is 299 Å². The number of benzene rings is 2. The number of pyridine rings is 1. The van der Waals surface area contributed by atoms with Gasteiger partial charge in [-0.25, -0.2) is 24.2 Å². The number of alkyl carbamates (subject to hydrolysis) is 1. The van der Waals surface area contributed by atoms with E-state index in [4.69, 9.17) is 42.6 Å². The molecular weight excluding hydrogens is 1180 g/mol. The van der Waals surface area contributed by atoms with Crippen LogP contribution in [0.4, 0.5) is 42.1 Å². The summed E-state index contributed by atoms with van der Waals surface area (Å²) in [6.07, 6.45) is 7.28. The van der Waals surface area contributed by atoms with Crippen molar-refractivity contribution >= 4 is 65.1 Å². The highest BCUT2D eigenvalue weighted by Gasteiger charge is 2.53. The lowest BCUT2D eigenvalue weighted by molar-refractivity contribution is -0.167. The van der Waals surface area contributed by atoms with Crippen LogP contribution in [0.1, 0.15) is 97.5 Å². The Morgan fingerprint density at radius 3 is 2.25 bits per heavy atom. The fourth-order valence-electron chi connectivity index (χ4n) is 11.3. The molecule has 26 heteroatoms. The molecule has 2 aromatic heterocycles. The molecule has 5 heterocycles. The van der Waals surface area contributed by atoms with Crippen LogP contribution in [-0.2, 0) is 54.1 Å². The highest BCUT2D eigenvalue weighted by Crippen LogP contribution is 2.43. The summed E-state index contributed by atoms with van der Waals surface area (Å²) in [4.78, 5) is 102. The Labute approximate surface area is 529 Å². The molecule has 488 valence electrons. The number of esters is 1. The Morgan fingerprint density at radius 2 is 1.56 bits per heavy atom. The first kappa shape index (κ1) is 66.4. The minimum Gasteiger partial charge on any atom is -0.474 e. The van der Waals surface area contributed by atoms with E-state index in [1.165, 1.54) is 12.2 Å². The average Bonchev–Trinajstić information content (AvgIpc) is 0.766. The Hall–Kier alpha value is -9.04. The lowest BCUT2D eigenvalue weighted by Crippen LogP contribution is -2.72. The lowest BCUT2D eigenvalue weighted by Gasteiger charge is -2.56. The molecule has 0 bridgehead atoms. The molecule has 1 atom stereocenters. The molecule has 1 spiro atoms. The molecule has 2 aromatic carbocycles. The number of nitrogens with zero attached hydrogens (tertiary/aromatic N) is 6. The summed E-state index contributed by atoms with van der Waals surface area (Å²) >= 11 is 0. The molecule has 3 saturated heterocycles. The van der Waals surface area contributed by atoms with Crippen molar-refractivity contribution in [3.63, 3.8) is 0 Å². The molecule has 0 unspecified atom stereocenters. The maximum Gasteiger partial charge on any atom is 0.514 e. The van der Waals surface area contributed by atoms with Crippen molar-refractivity contribution < 1.29 is 76.2 Å². The van der Waals surface area contributed by atoms with Crippen molar-refractivity contribution in [3.8, 4) is 22.9 Å². The Balaban J connectivity index is 0.838. The van der Waals surface area contributed by atoms with E-state index in [1.54, 1.807) is 72.6 Å². The van der Waals surface area contributed by atoms with Crippen molar-refractivity contribution in [1.29, 1.82) is 0 Å². The van der Waals surface area contributed by atoms with Crippen LogP contribution in [0.25, 0.3) is 11.3 Å². The number of rotatable bonds is 26. The second-order valence-electron chi connectivity index (χ2n) is 24.1. The van der Waals surface area contributed by atoms with E-state index in [1.807, 2.05) is 32.9 Å². The number of ether oxygens (including phenoxy) is 9. The van der Waals surface area contributed by atoms with E-state index in [0.717, 1.165) is 31.4 Å². The number of piperazine rings is 1. The zero-order valence-corrected chi connectivity index (χ0v) is 52.1. The highest BCUT2D eigenvalue weighted by atomic mass is 16.7. The summed E-state index contributed by atoms with van der Waals surface area (Å²) in [6.45, 7) is 17.9. The number of hydrogen-bond donors (Lipinski definition) is 4. The third-order valence-corrected chi connectivity index (χ3v) is 16.3. The summed E-state index contributed by atoms with van der Waals surface area (Å²) in [5, 5.41) is 20.1. The number of hydrogen-bond acceptors (Lipinski definition) is 21. The standard InChI is InChI=1S/C65H82N10O16/c1-7-33-85-59(79)67-27-13-12-16-50(69-57(77)65(25-14-26-65)58(78)84-9-3)56(76)68-44-20-18-43(19-21-44)39-87-60(80)70-55-52(38-51(71-72-55)49-15-10-11-17-53(49)90-62(82)86-34-8-2)74-31-32-75(64(40-74)41-83-42-64)45-22-28-66-54(35-45)89-48-36-47(37-48)88-46-23-29-73(30-24-46)61(81)91-63(4,5)6/h7-8,10-11,15,17-22,28,35,38,46-48,50H,1-2,9,12-14,16,23-27,29-34,36-37,39-42H2,3-6H3,(H,67,79)(H,68,76)(H,69,77)(H,70,72,80)/t47?,48?,50-/m0/s1. The number of anilines is 4. The first-order valence-electron chi connectivity index (χ1n) is 31.0. The molecule has 3 aliphatic heterocycles. The molecule has 91 heavy (non-hydrogen) atoms. The zero-order chi connectivity index (χ0) is 64.5. The Kier molecular flexibility index (Phi) is 22.4. The number of nitrogens with one attached hydrogen (secondary N) is 4. The second kappa shape index (κ2) is 30.6. The van der Waals surface area contributed by atoms with Gasteiger partial charge in [0.1, 0.15) is 54.3 Å². The Bertz CT molecular complexity index is 3230. The van der Waals surface area contributed by atoms with Crippen LogP contribution >= 0.6 is 0 Å². The molecule has 5 aliphatic rings. The summed E-state index contributed by atoms with van der Waals surface area (Å²) in [6, 6.07) is 18.0. The minimum absolute atomic E-state index is 0.0534. The fraction of sp³-hybridized carbons (Fsp3) is 0.508. The predicted octanol–water partition coefficient (Wildman–Crippen LogP) is 8.65. The lowest BCUT2D eigenvalue weighted by atomic mass is 9.68. The van der Waals surface area contributed by atoms with Gasteiger partial charge >= 0.3 is 30.4 Å². The van der Waals surface area contributed by atoms with Gasteiger partial charge in [-0.05, 0) is 115 Å². The van der Waals surface area contributed by atoms with Crippen LogP contribution in [0.15, 0.2) is 98.2 Å². The van der Waals surface area contributed by atoms with Crippen molar-refractivity contribution in [2.75, 3.05) is 92.7 Å². The van der Waals surface area contributed by atoms with Gasteiger partial charge in [-0.15, -0.1) is 10.2 Å². The molecule has 2 saturated carbocycles. The molecule has 4 N–H and O–H groups in total. The first-order valence-corrected chi connectivity index (χ1v) is 31.0. The highest BCUT2D eigenvalue weighted by molar-refractivity contribution is 6.06. The van der Waals surface area contributed by atoms with E-state index in [0.29, 0.717) is 112 Å². The number of aromatic nitrogens is 3. The molecule has 4 aromatic rings. The van der Waals surface area contributed by atoms with E-state index in [2.05, 4.69) is 59.4 Å². The van der Waals surface area contributed by atoms with E-state index in [9.17, 15) is 33.6 Å². The fourth-order valence-corrected chi connectivity index (χ4v) is 11.3. The molecule has 2 aliphatic carbocycles. The number of para-hydroxylation sites is 1. The van der Waals surface area contributed by atoms with Gasteiger partial charge in [0.25, 0.3) is 0 Å². The van der Waals surface area contributed by atoms with Crippen LogP contribution in [0.2, 0.25) is 0 Å². The van der Waals surface area contributed by atoms with Gasteiger partial charge in [-0.1, -0.05) is 56.0 Å². The molecule has 5 fully saturated rings. The normalized spacial score (nSPS) is 18.5. The first-order chi connectivity index (χ1) is 43.9. The van der Waals surface area contributed by atoms with Gasteiger partial charge in [0.2, 0.25) is 17.7 Å². The minimum atomic E-state index is -1.37. The van der Waals surface area contributed by atoms with Crippen molar-refractivity contribution in [3.05, 3.63) is 104 Å². The smallest absolute Gasteiger partial charge is 0.474 e. The van der Waals surface area contributed by atoms with E-state index < -0.39 is 58.7 Å². The third kappa shape index (κ3) is 17.5. The summed E-state index contributed by atoms with van der Waals surface area (Å²) in [5.41, 5.74) is 0.699. The number of carbonyl (C=O) groups excluding carboxylic acids is 7. The summed E-state index contributed by atoms with van der Waals surface area (Å²) in [7, 11) is 0. The van der Waals surface area contributed by atoms with Crippen molar-refractivity contribution in [1.82, 2.24) is 30.7 Å². The molecule has 26 nitrogen and oxygen atoms in total. The SMILES string of the molecule is C=CCOC(=O)NCCCC[C@H](NC(=O)C1(C(=O)OCC)CCC1)C(=O)Nc1ccc(COC(=O)Nc2nnc(-c3ccccc3OC(=O)OCC=C)cc2N2CCN(c3ccnc(OC4CC(OC5CCN(C(=O)OC(C)(C)C)CC5)C4)c3)C3(COC3)C2)cc1. The number of likely N-dealkylation sites (tertiary alicyclic amines) is 1. The van der Waals surface area contributed by atoms with Crippen LogP contribution in [0, 0.1) is 5.41 Å².